The molecule has 0 spiro atoms. The van der Waals surface area contributed by atoms with E-state index < -0.39 is 0 Å². The monoisotopic (exact) mass is 194 g/mol. The maximum Gasteiger partial charge on any atom is 0.328 e. The standard InChI is InChI=1S/C8H10N4O2/c1-10-5-4-9-12(3)7(13)6(5)11(2)8(10)14/h4H,1-3H3. The summed E-state index contributed by atoms with van der Waals surface area (Å²) >= 11 is 0. The summed E-state index contributed by atoms with van der Waals surface area (Å²) in [4.78, 5) is 23.1. The number of imidazole rings is 1. The normalized spacial score (nSPS) is 11.1. The third-order valence-corrected chi connectivity index (χ3v) is 2.36. The molecule has 0 bridgehead atoms. The topological polar surface area (TPSA) is 61.8 Å². The van der Waals surface area contributed by atoms with Gasteiger partial charge in [0.05, 0.1) is 11.7 Å². The van der Waals surface area contributed by atoms with Crippen molar-refractivity contribution >= 4 is 11.0 Å². The molecule has 0 saturated carbocycles. The molecule has 0 N–H and O–H groups in total. The van der Waals surface area contributed by atoms with Crippen molar-refractivity contribution in [3.8, 4) is 0 Å². The fourth-order valence-corrected chi connectivity index (χ4v) is 1.50. The van der Waals surface area contributed by atoms with E-state index in [1.54, 1.807) is 21.1 Å². The summed E-state index contributed by atoms with van der Waals surface area (Å²) < 4.78 is 3.95. The Labute approximate surface area is 79.0 Å². The van der Waals surface area contributed by atoms with E-state index in [1.807, 2.05) is 0 Å². The van der Waals surface area contributed by atoms with Crippen molar-refractivity contribution in [2.45, 2.75) is 0 Å². The maximum atomic E-state index is 11.6. The molecule has 6 nitrogen and oxygen atoms in total. The first-order valence-electron chi connectivity index (χ1n) is 4.11. The highest BCUT2D eigenvalue weighted by Gasteiger charge is 2.11. The van der Waals surface area contributed by atoms with Gasteiger partial charge in [0.25, 0.3) is 5.56 Å². The molecule has 2 heterocycles. The number of nitrogens with zero attached hydrogens (tertiary/aromatic N) is 4. The van der Waals surface area contributed by atoms with Crippen LogP contribution in [-0.4, -0.2) is 18.9 Å². The molecule has 0 unspecified atom stereocenters. The van der Waals surface area contributed by atoms with Gasteiger partial charge in [-0.3, -0.25) is 13.9 Å². The predicted octanol–water partition coefficient (Wildman–Crippen LogP) is -1.03. The molecule has 0 fully saturated rings. The molecule has 0 saturated heterocycles. The van der Waals surface area contributed by atoms with E-state index in [0.717, 1.165) is 0 Å². The molecule has 0 aliphatic rings. The molecule has 0 aliphatic heterocycles. The molecular formula is C8H10N4O2. The van der Waals surface area contributed by atoms with E-state index in [4.69, 9.17) is 0 Å². The minimum absolute atomic E-state index is 0.217. The number of aromatic nitrogens is 4. The first-order chi connectivity index (χ1) is 6.54. The van der Waals surface area contributed by atoms with Gasteiger partial charge in [0.1, 0.15) is 5.52 Å². The Balaban J connectivity index is 3.20. The van der Waals surface area contributed by atoms with Crippen LogP contribution in [0, 0.1) is 0 Å². The zero-order valence-electron chi connectivity index (χ0n) is 8.18. The Morgan fingerprint density at radius 1 is 1.14 bits per heavy atom. The van der Waals surface area contributed by atoms with Gasteiger partial charge < -0.3 is 0 Å². The Bertz CT molecular complexity index is 617. The van der Waals surface area contributed by atoms with Crippen LogP contribution in [0.3, 0.4) is 0 Å². The van der Waals surface area contributed by atoms with Crippen LogP contribution < -0.4 is 11.2 Å². The third kappa shape index (κ3) is 0.876. The molecule has 6 heteroatoms. The lowest BCUT2D eigenvalue weighted by molar-refractivity contribution is 0.711. The summed E-state index contributed by atoms with van der Waals surface area (Å²) in [5.41, 5.74) is 0.461. The van der Waals surface area contributed by atoms with Crippen molar-refractivity contribution in [3.05, 3.63) is 27.0 Å². The lowest BCUT2D eigenvalue weighted by atomic mass is 10.4. The average molecular weight is 194 g/mol. The van der Waals surface area contributed by atoms with Crippen LogP contribution in [0.2, 0.25) is 0 Å². The molecular weight excluding hydrogens is 184 g/mol. The lowest BCUT2D eigenvalue weighted by Crippen LogP contribution is -2.23. The minimum atomic E-state index is -0.261. The van der Waals surface area contributed by atoms with E-state index in [9.17, 15) is 9.59 Å². The minimum Gasteiger partial charge on any atom is -0.293 e. The van der Waals surface area contributed by atoms with E-state index in [2.05, 4.69) is 5.10 Å². The summed E-state index contributed by atoms with van der Waals surface area (Å²) in [6, 6.07) is 0. The van der Waals surface area contributed by atoms with Gasteiger partial charge in [-0.15, -0.1) is 0 Å². The SMILES string of the molecule is Cn1ncc2c(c1=O)n(C)c(=O)n2C. The van der Waals surface area contributed by atoms with Gasteiger partial charge in [-0.25, -0.2) is 9.48 Å². The van der Waals surface area contributed by atoms with Gasteiger partial charge in [-0.1, -0.05) is 0 Å². The Hall–Kier alpha value is -1.85. The van der Waals surface area contributed by atoms with Gasteiger partial charge in [0.2, 0.25) is 0 Å². The van der Waals surface area contributed by atoms with Crippen molar-refractivity contribution in [1.82, 2.24) is 18.9 Å². The second-order valence-corrected chi connectivity index (χ2v) is 3.21. The highest BCUT2D eigenvalue weighted by atomic mass is 16.2. The molecule has 0 amide bonds. The molecule has 0 atom stereocenters. The van der Waals surface area contributed by atoms with Crippen LogP contribution in [0.15, 0.2) is 15.8 Å². The highest BCUT2D eigenvalue weighted by Crippen LogP contribution is 2.02. The maximum absolute atomic E-state index is 11.6. The first kappa shape index (κ1) is 8.74. The van der Waals surface area contributed by atoms with Gasteiger partial charge >= 0.3 is 5.69 Å². The van der Waals surface area contributed by atoms with Gasteiger partial charge in [0.15, 0.2) is 0 Å². The van der Waals surface area contributed by atoms with Crippen LogP contribution in [0.4, 0.5) is 0 Å². The van der Waals surface area contributed by atoms with Crippen LogP contribution in [0.1, 0.15) is 0 Å². The number of hydrogen-bond acceptors (Lipinski definition) is 3. The Kier molecular flexibility index (Phi) is 1.60. The highest BCUT2D eigenvalue weighted by molar-refractivity contribution is 5.73. The fraction of sp³-hybridized carbons (Fsp3) is 0.375. The largest absolute Gasteiger partial charge is 0.328 e. The number of rotatable bonds is 0. The molecule has 74 valence electrons. The van der Waals surface area contributed by atoms with Gasteiger partial charge in [0, 0.05) is 21.1 Å². The zero-order valence-corrected chi connectivity index (χ0v) is 8.18. The number of hydrogen-bond donors (Lipinski definition) is 0. The molecule has 0 radical (unpaired) electrons. The molecule has 2 rings (SSSR count). The second kappa shape index (κ2) is 2.57. The zero-order chi connectivity index (χ0) is 10.5. The van der Waals surface area contributed by atoms with E-state index in [0.29, 0.717) is 11.0 Å². The summed E-state index contributed by atoms with van der Waals surface area (Å²) in [5, 5.41) is 3.85. The molecule has 2 aromatic rings. The number of aryl methyl sites for hydroxylation is 3. The molecule has 14 heavy (non-hydrogen) atoms. The smallest absolute Gasteiger partial charge is 0.293 e. The van der Waals surface area contributed by atoms with Crippen LogP contribution in [0.5, 0.6) is 0 Å². The van der Waals surface area contributed by atoms with Gasteiger partial charge in [-0.05, 0) is 0 Å². The Morgan fingerprint density at radius 2 is 1.79 bits per heavy atom. The quantitative estimate of drug-likeness (QED) is 0.538. The van der Waals surface area contributed by atoms with Crippen molar-refractivity contribution in [2.24, 2.45) is 21.1 Å². The number of fused-ring (bicyclic) bond motifs is 1. The Morgan fingerprint density at radius 3 is 2.43 bits per heavy atom. The fourth-order valence-electron chi connectivity index (χ4n) is 1.50. The first-order valence-corrected chi connectivity index (χ1v) is 4.11. The van der Waals surface area contributed by atoms with Crippen molar-refractivity contribution < 1.29 is 0 Å². The molecule has 2 aromatic heterocycles. The van der Waals surface area contributed by atoms with Crippen molar-refractivity contribution in [1.29, 1.82) is 0 Å². The molecule has 0 aliphatic carbocycles. The van der Waals surface area contributed by atoms with Crippen LogP contribution >= 0.6 is 0 Å². The van der Waals surface area contributed by atoms with Crippen LogP contribution in [0.25, 0.3) is 11.0 Å². The second-order valence-electron chi connectivity index (χ2n) is 3.21. The third-order valence-electron chi connectivity index (χ3n) is 2.36. The van der Waals surface area contributed by atoms with Gasteiger partial charge in [-0.2, -0.15) is 5.10 Å². The predicted molar refractivity (Wildman–Crippen MR) is 51.2 cm³/mol. The van der Waals surface area contributed by atoms with Crippen molar-refractivity contribution in [3.63, 3.8) is 0 Å². The summed E-state index contributed by atoms with van der Waals surface area (Å²) in [7, 11) is 4.75. The van der Waals surface area contributed by atoms with E-state index >= 15 is 0 Å². The summed E-state index contributed by atoms with van der Waals surface area (Å²) in [6.45, 7) is 0. The van der Waals surface area contributed by atoms with Crippen LogP contribution in [-0.2, 0) is 21.1 Å². The summed E-state index contributed by atoms with van der Waals surface area (Å²) in [5.74, 6) is 0. The lowest BCUT2D eigenvalue weighted by Gasteiger charge is -1.96. The van der Waals surface area contributed by atoms with Crippen molar-refractivity contribution in [2.75, 3.05) is 0 Å². The van der Waals surface area contributed by atoms with E-state index in [-0.39, 0.29) is 11.2 Å². The average Bonchev–Trinajstić information content (AvgIpc) is 2.38. The molecule has 0 aromatic carbocycles. The summed E-state index contributed by atoms with van der Waals surface area (Å²) in [6.07, 6.45) is 1.51. The van der Waals surface area contributed by atoms with E-state index in [1.165, 1.54) is 20.0 Å².